The van der Waals surface area contributed by atoms with Crippen molar-refractivity contribution in [3.8, 4) is 22.4 Å². The molecule has 0 saturated heterocycles. The summed E-state index contributed by atoms with van der Waals surface area (Å²) in [4.78, 5) is 23.6. The fourth-order valence-corrected chi connectivity index (χ4v) is 2.93. The summed E-state index contributed by atoms with van der Waals surface area (Å²) >= 11 is 0. The van der Waals surface area contributed by atoms with Crippen LogP contribution in [-0.2, 0) is 11.3 Å². The zero-order valence-electron chi connectivity index (χ0n) is 11.0. The van der Waals surface area contributed by atoms with Crippen LogP contribution >= 0.6 is 0 Å². The van der Waals surface area contributed by atoms with Crippen LogP contribution < -0.4 is 11.3 Å². The molecule has 2 N–H and O–H groups in total. The number of benzene rings is 2. The SMILES string of the molecule is NC(=O)Cn1nc2c3c(cccc3c1=O)-c1ccccc1-2. The number of carbonyl (C=O) groups is 1. The summed E-state index contributed by atoms with van der Waals surface area (Å²) in [6.07, 6.45) is 0. The first kappa shape index (κ1) is 11.8. The second-order valence-electron chi connectivity index (χ2n) is 5.05. The Balaban J connectivity index is 2.16. The van der Waals surface area contributed by atoms with Crippen molar-refractivity contribution < 1.29 is 4.79 Å². The Bertz CT molecular complexity index is 973. The van der Waals surface area contributed by atoms with Crippen LogP contribution in [0.25, 0.3) is 33.2 Å². The van der Waals surface area contributed by atoms with Crippen molar-refractivity contribution in [1.29, 1.82) is 0 Å². The molecule has 1 aliphatic rings. The molecule has 0 saturated carbocycles. The molecule has 1 heterocycles. The van der Waals surface area contributed by atoms with E-state index in [0.717, 1.165) is 32.5 Å². The third-order valence-corrected chi connectivity index (χ3v) is 3.76. The lowest BCUT2D eigenvalue weighted by Gasteiger charge is -2.06. The zero-order chi connectivity index (χ0) is 14.6. The Hall–Kier alpha value is -2.95. The molecule has 0 aliphatic heterocycles. The molecule has 0 atom stereocenters. The number of rotatable bonds is 2. The maximum atomic E-state index is 12.4. The standard InChI is InChI=1S/C16H11N3O2/c17-13(20)8-19-16(21)12-7-3-6-10-9-4-1-2-5-11(9)15(18-19)14(10)12/h1-7H,8H2,(H2,17,20). The van der Waals surface area contributed by atoms with Crippen LogP contribution in [0, 0.1) is 0 Å². The van der Waals surface area contributed by atoms with Crippen LogP contribution in [0.5, 0.6) is 0 Å². The molecular weight excluding hydrogens is 266 g/mol. The highest BCUT2D eigenvalue weighted by molar-refractivity contribution is 6.13. The van der Waals surface area contributed by atoms with Gasteiger partial charge in [-0.25, -0.2) is 4.68 Å². The lowest BCUT2D eigenvalue weighted by Crippen LogP contribution is -2.30. The molecule has 5 nitrogen and oxygen atoms in total. The molecule has 0 fully saturated rings. The summed E-state index contributed by atoms with van der Waals surface area (Å²) in [5, 5.41) is 5.77. The van der Waals surface area contributed by atoms with Gasteiger partial charge in [0.1, 0.15) is 12.2 Å². The number of primary amides is 1. The summed E-state index contributed by atoms with van der Waals surface area (Å²) in [5.41, 5.74) is 8.68. The Morgan fingerprint density at radius 3 is 2.52 bits per heavy atom. The maximum Gasteiger partial charge on any atom is 0.275 e. The van der Waals surface area contributed by atoms with E-state index in [2.05, 4.69) is 5.10 Å². The number of nitrogens with zero attached hydrogens (tertiary/aromatic N) is 2. The summed E-state index contributed by atoms with van der Waals surface area (Å²) in [7, 11) is 0. The van der Waals surface area contributed by atoms with Gasteiger partial charge >= 0.3 is 0 Å². The molecule has 0 unspecified atom stereocenters. The van der Waals surface area contributed by atoms with E-state index in [1.54, 1.807) is 6.07 Å². The van der Waals surface area contributed by atoms with E-state index in [1.807, 2.05) is 36.4 Å². The lowest BCUT2D eigenvalue weighted by atomic mass is 10.0. The van der Waals surface area contributed by atoms with Gasteiger partial charge in [-0.05, 0) is 17.2 Å². The summed E-state index contributed by atoms with van der Waals surface area (Å²) in [5.74, 6) is -0.585. The first-order chi connectivity index (χ1) is 10.2. The molecule has 1 aromatic heterocycles. The molecule has 5 heteroatoms. The minimum atomic E-state index is -0.585. The van der Waals surface area contributed by atoms with E-state index in [4.69, 9.17) is 5.73 Å². The zero-order valence-corrected chi connectivity index (χ0v) is 11.0. The van der Waals surface area contributed by atoms with Crippen molar-refractivity contribution >= 4 is 16.7 Å². The van der Waals surface area contributed by atoms with Gasteiger partial charge in [-0.3, -0.25) is 9.59 Å². The second kappa shape index (κ2) is 4.02. The minimum absolute atomic E-state index is 0.214. The molecule has 102 valence electrons. The van der Waals surface area contributed by atoms with Crippen LogP contribution in [0.2, 0.25) is 0 Å². The third kappa shape index (κ3) is 1.54. The number of carbonyl (C=O) groups excluding carboxylic acids is 1. The summed E-state index contributed by atoms with van der Waals surface area (Å²) in [6, 6.07) is 13.5. The minimum Gasteiger partial charge on any atom is -0.368 e. The van der Waals surface area contributed by atoms with Gasteiger partial charge in [-0.2, -0.15) is 5.10 Å². The van der Waals surface area contributed by atoms with E-state index in [9.17, 15) is 9.59 Å². The fraction of sp³-hybridized carbons (Fsp3) is 0.0625. The Labute approximate surface area is 119 Å². The number of aromatic nitrogens is 2. The third-order valence-electron chi connectivity index (χ3n) is 3.76. The van der Waals surface area contributed by atoms with Crippen molar-refractivity contribution in [3.63, 3.8) is 0 Å². The Morgan fingerprint density at radius 2 is 1.76 bits per heavy atom. The number of nitrogens with two attached hydrogens (primary N) is 1. The van der Waals surface area contributed by atoms with Crippen molar-refractivity contribution in [2.45, 2.75) is 6.54 Å². The van der Waals surface area contributed by atoms with E-state index >= 15 is 0 Å². The van der Waals surface area contributed by atoms with Crippen LogP contribution in [0.1, 0.15) is 0 Å². The molecule has 3 aromatic rings. The number of hydrogen-bond acceptors (Lipinski definition) is 3. The second-order valence-corrected chi connectivity index (χ2v) is 5.05. The average Bonchev–Trinajstić information content (AvgIpc) is 2.80. The van der Waals surface area contributed by atoms with Gasteiger partial charge in [-0.15, -0.1) is 0 Å². The Morgan fingerprint density at radius 1 is 1.05 bits per heavy atom. The molecule has 4 rings (SSSR count). The highest BCUT2D eigenvalue weighted by Crippen LogP contribution is 2.44. The molecule has 2 aromatic carbocycles. The van der Waals surface area contributed by atoms with Crippen molar-refractivity contribution in [2.75, 3.05) is 0 Å². The lowest BCUT2D eigenvalue weighted by molar-refractivity contribution is -0.118. The maximum absolute atomic E-state index is 12.4. The molecule has 0 bridgehead atoms. The predicted molar refractivity (Wildman–Crippen MR) is 79.6 cm³/mol. The molecule has 21 heavy (non-hydrogen) atoms. The van der Waals surface area contributed by atoms with Crippen molar-refractivity contribution in [1.82, 2.24) is 9.78 Å². The van der Waals surface area contributed by atoms with Crippen LogP contribution in [0.3, 0.4) is 0 Å². The topological polar surface area (TPSA) is 78.0 Å². The number of fused-ring (bicyclic) bond motifs is 3. The average molecular weight is 277 g/mol. The first-order valence-electron chi connectivity index (χ1n) is 6.59. The Kier molecular flexibility index (Phi) is 2.27. The van der Waals surface area contributed by atoms with E-state index in [-0.39, 0.29) is 12.1 Å². The summed E-state index contributed by atoms with van der Waals surface area (Å²) < 4.78 is 1.14. The van der Waals surface area contributed by atoms with Gasteiger partial charge < -0.3 is 5.73 Å². The van der Waals surface area contributed by atoms with Gasteiger partial charge in [0.2, 0.25) is 5.91 Å². The van der Waals surface area contributed by atoms with E-state index < -0.39 is 5.91 Å². The first-order valence-corrected chi connectivity index (χ1v) is 6.59. The molecule has 0 radical (unpaired) electrons. The predicted octanol–water partition coefficient (Wildman–Crippen LogP) is 1.53. The highest BCUT2D eigenvalue weighted by atomic mass is 16.2. The van der Waals surface area contributed by atoms with Gasteiger partial charge in [0.25, 0.3) is 5.56 Å². The van der Waals surface area contributed by atoms with Crippen LogP contribution in [0.4, 0.5) is 0 Å². The summed E-state index contributed by atoms with van der Waals surface area (Å²) in [6.45, 7) is -0.214. The van der Waals surface area contributed by atoms with E-state index in [0.29, 0.717) is 5.39 Å². The van der Waals surface area contributed by atoms with Crippen LogP contribution in [0.15, 0.2) is 47.3 Å². The highest BCUT2D eigenvalue weighted by Gasteiger charge is 2.24. The van der Waals surface area contributed by atoms with Gasteiger partial charge in [0.05, 0.1) is 5.39 Å². The quantitative estimate of drug-likeness (QED) is 0.603. The van der Waals surface area contributed by atoms with Gasteiger partial charge in [0.15, 0.2) is 0 Å². The monoisotopic (exact) mass is 277 g/mol. The number of hydrogen-bond donors (Lipinski definition) is 1. The van der Waals surface area contributed by atoms with Gasteiger partial charge in [-0.1, -0.05) is 36.4 Å². The molecular formula is C16H11N3O2. The van der Waals surface area contributed by atoms with Crippen molar-refractivity contribution in [3.05, 3.63) is 52.8 Å². The van der Waals surface area contributed by atoms with Gasteiger partial charge in [0, 0.05) is 10.9 Å². The smallest absolute Gasteiger partial charge is 0.275 e. The molecule has 1 amide bonds. The molecule has 1 aliphatic carbocycles. The normalized spacial score (nSPS) is 11.6. The van der Waals surface area contributed by atoms with E-state index in [1.165, 1.54) is 0 Å². The number of amides is 1. The fourth-order valence-electron chi connectivity index (χ4n) is 2.93. The van der Waals surface area contributed by atoms with Crippen molar-refractivity contribution in [2.24, 2.45) is 5.73 Å². The largest absolute Gasteiger partial charge is 0.368 e. The molecule has 0 spiro atoms. The van der Waals surface area contributed by atoms with Crippen LogP contribution in [-0.4, -0.2) is 15.7 Å².